The topological polar surface area (TPSA) is 53.6 Å². The largest absolute Gasteiger partial charge is 0.379 e. The van der Waals surface area contributed by atoms with Crippen LogP contribution in [-0.4, -0.2) is 49.8 Å². The van der Waals surface area contributed by atoms with Crippen LogP contribution in [0.4, 0.5) is 4.79 Å². The van der Waals surface area contributed by atoms with Gasteiger partial charge in [-0.1, -0.05) is 49.1 Å². The van der Waals surface area contributed by atoms with E-state index in [0.29, 0.717) is 12.6 Å². The third-order valence-electron chi connectivity index (χ3n) is 5.31. The van der Waals surface area contributed by atoms with Gasteiger partial charge in [-0.3, -0.25) is 4.90 Å². The molecule has 1 aromatic carbocycles. The lowest BCUT2D eigenvalue weighted by molar-refractivity contribution is 0.0167. The highest BCUT2D eigenvalue weighted by Crippen LogP contribution is 2.22. The molecule has 0 spiro atoms. The van der Waals surface area contributed by atoms with E-state index >= 15 is 0 Å². The van der Waals surface area contributed by atoms with Gasteiger partial charge >= 0.3 is 6.03 Å². The summed E-state index contributed by atoms with van der Waals surface area (Å²) in [5.41, 5.74) is 2.52. The molecule has 138 valence electrons. The van der Waals surface area contributed by atoms with Crippen molar-refractivity contribution < 1.29 is 9.53 Å². The van der Waals surface area contributed by atoms with Crippen molar-refractivity contribution in [2.45, 2.75) is 51.1 Å². The van der Waals surface area contributed by atoms with Crippen molar-refractivity contribution in [3.05, 3.63) is 35.4 Å². The predicted octanol–water partition coefficient (Wildman–Crippen LogP) is 3.00. The molecule has 25 heavy (non-hydrogen) atoms. The molecule has 1 atom stereocenters. The van der Waals surface area contributed by atoms with Gasteiger partial charge in [0.2, 0.25) is 0 Å². The molecule has 1 saturated heterocycles. The van der Waals surface area contributed by atoms with Crippen molar-refractivity contribution in [1.82, 2.24) is 15.5 Å². The molecular weight excluding hydrogens is 314 g/mol. The molecule has 2 N–H and O–H groups in total. The Morgan fingerprint density at radius 1 is 1.24 bits per heavy atom. The van der Waals surface area contributed by atoms with E-state index in [1.165, 1.54) is 30.4 Å². The highest BCUT2D eigenvalue weighted by atomic mass is 16.5. The molecule has 5 nitrogen and oxygen atoms in total. The maximum Gasteiger partial charge on any atom is 0.315 e. The number of carbonyl (C=O) groups excluding carboxylic acids is 1. The Hall–Kier alpha value is -1.59. The van der Waals surface area contributed by atoms with Crippen LogP contribution in [0.25, 0.3) is 0 Å². The zero-order chi connectivity index (χ0) is 17.5. The van der Waals surface area contributed by atoms with Crippen LogP contribution in [0, 0.1) is 6.92 Å². The van der Waals surface area contributed by atoms with E-state index in [4.69, 9.17) is 4.74 Å². The van der Waals surface area contributed by atoms with Crippen molar-refractivity contribution in [2.75, 3.05) is 32.8 Å². The van der Waals surface area contributed by atoms with Crippen molar-refractivity contribution >= 4 is 6.03 Å². The van der Waals surface area contributed by atoms with Crippen LogP contribution in [0.3, 0.4) is 0 Å². The molecule has 0 aromatic heterocycles. The summed E-state index contributed by atoms with van der Waals surface area (Å²) in [6.45, 7) is 6.08. The average molecular weight is 345 g/mol. The lowest BCUT2D eigenvalue weighted by Gasteiger charge is -2.35. The van der Waals surface area contributed by atoms with Gasteiger partial charge in [0, 0.05) is 25.7 Å². The number of hydrogen-bond donors (Lipinski definition) is 2. The maximum absolute atomic E-state index is 12.3. The second-order valence-electron chi connectivity index (χ2n) is 7.27. The fraction of sp³-hybridized carbons (Fsp3) is 0.650. The highest BCUT2D eigenvalue weighted by molar-refractivity contribution is 5.74. The molecule has 2 fully saturated rings. The summed E-state index contributed by atoms with van der Waals surface area (Å²) >= 11 is 0. The van der Waals surface area contributed by atoms with Gasteiger partial charge in [-0.15, -0.1) is 0 Å². The second kappa shape index (κ2) is 9.20. The number of nitrogens with one attached hydrogen (secondary N) is 2. The third-order valence-corrected chi connectivity index (χ3v) is 5.31. The number of benzene rings is 1. The molecule has 1 saturated carbocycles. The zero-order valence-corrected chi connectivity index (χ0v) is 15.3. The van der Waals surface area contributed by atoms with Gasteiger partial charge in [-0.25, -0.2) is 4.79 Å². The van der Waals surface area contributed by atoms with Crippen molar-refractivity contribution in [3.8, 4) is 0 Å². The molecule has 1 unspecified atom stereocenters. The minimum absolute atomic E-state index is 0.0298. The fourth-order valence-electron chi connectivity index (χ4n) is 3.90. The van der Waals surface area contributed by atoms with E-state index in [1.807, 2.05) is 0 Å². The summed E-state index contributed by atoms with van der Waals surface area (Å²) in [6.07, 6.45) is 5.97. The number of rotatable bonds is 5. The van der Waals surface area contributed by atoms with Crippen LogP contribution in [0.15, 0.2) is 24.3 Å². The summed E-state index contributed by atoms with van der Waals surface area (Å²) in [5, 5.41) is 6.26. The average Bonchev–Trinajstić information content (AvgIpc) is 2.64. The molecule has 0 radical (unpaired) electrons. The van der Waals surface area contributed by atoms with Crippen LogP contribution in [0.1, 0.15) is 49.3 Å². The number of amides is 2. The summed E-state index contributed by atoms with van der Waals surface area (Å²) < 4.78 is 5.49. The minimum Gasteiger partial charge on any atom is -0.379 e. The number of ether oxygens (including phenoxy) is 1. The van der Waals surface area contributed by atoms with E-state index in [9.17, 15) is 4.79 Å². The van der Waals surface area contributed by atoms with E-state index in [2.05, 4.69) is 46.7 Å². The lowest BCUT2D eigenvalue weighted by Crippen LogP contribution is -2.48. The summed E-state index contributed by atoms with van der Waals surface area (Å²) in [4.78, 5) is 14.7. The van der Waals surface area contributed by atoms with Gasteiger partial charge in [0.1, 0.15) is 0 Å². The van der Waals surface area contributed by atoms with Crippen LogP contribution in [-0.2, 0) is 4.74 Å². The number of carbonyl (C=O) groups is 1. The van der Waals surface area contributed by atoms with Gasteiger partial charge in [0.25, 0.3) is 0 Å². The van der Waals surface area contributed by atoms with Crippen molar-refractivity contribution in [3.63, 3.8) is 0 Å². The molecule has 1 aliphatic carbocycles. The number of urea groups is 1. The Bertz CT molecular complexity index is 552. The monoisotopic (exact) mass is 345 g/mol. The van der Waals surface area contributed by atoms with E-state index < -0.39 is 0 Å². The number of hydrogen-bond acceptors (Lipinski definition) is 3. The fourth-order valence-corrected chi connectivity index (χ4v) is 3.90. The maximum atomic E-state index is 12.3. The quantitative estimate of drug-likeness (QED) is 0.862. The van der Waals surface area contributed by atoms with Gasteiger partial charge in [-0.2, -0.15) is 0 Å². The normalized spacial score (nSPS) is 20.8. The lowest BCUT2D eigenvalue weighted by atomic mass is 9.96. The van der Waals surface area contributed by atoms with Crippen molar-refractivity contribution in [2.24, 2.45) is 0 Å². The third kappa shape index (κ3) is 5.44. The number of aryl methyl sites for hydroxylation is 1. The Kier molecular flexibility index (Phi) is 6.70. The van der Waals surface area contributed by atoms with Crippen molar-refractivity contribution in [1.29, 1.82) is 0 Å². The summed E-state index contributed by atoms with van der Waals surface area (Å²) in [6, 6.07) is 9.10. The summed E-state index contributed by atoms with van der Waals surface area (Å²) in [7, 11) is 0. The smallest absolute Gasteiger partial charge is 0.315 e. The first-order valence-electron chi connectivity index (χ1n) is 9.65. The molecule has 1 aliphatic heterocycles. The first-order valence-corrected chi connectivity index (χ1v) is 9.65. The molecule has 3 rings (SSSR count). The Morgan fingerprint density at radius 2 is 2.00 bits per heavy atom. The van der Waals surface area contributed by atoms with Crippen LogP contribution in [0.5, 0.6) is 0 Å². The van der Waals surface area contributed by atoms with Gasteiger partial charge in [-0.05, 0) is 25.3 Å². The predicted molar refractivity (Wildman–Crippen MR) is 99.7 cm³/mol. The number of nitrogens with zero attached hydrogens (tertiary/aromatic N) is 1. The first kappa shape index (κ1) is 18.2. The summed E-state index contributed by atoms with van der Waals surface area (Å²) in [5.74, 6) is 0. The van der Waals surface area contributed by atoms with Crippen LogP contribution >= 0.6 is 0 Å². The minimum atomic E-state index is -0.0298. The molecular formula is C20H31N3O2. The SMILES string of the molecule is Cc1cccc(C(CNC(=O)NC2CCCCC2)N2CCOCC2)c1. The number of morpholine rings is 1. The standard InChI is InChI=1S/C20H31N3O2/c1-16-6-5-7-17(14-16)19(23-10-12-25-13-11-23)15-21-20(24)22-18-8-3-2-4-9-18/h5-7,14,18-19H,2-4,8-13,15H2,1H3,(H2,21,22,24). The van der Waals surface area contributed by atoms with E-state index in [-0.39, 0.29) is 12.1 Å². The van der Waals surface area contributed by atoms with Crippen LogP contribution in [0.2, 0.25) is 0 Å². The molecule has 1 heterocycles. The Morgan fingerprint density at radius 3 is 2.72 bits per heavy atom. The van der Waals surface area contributed by atoms with E-state index in [1.54, 1.807) is 0 Å². The van der Waals surface area contributed by atoms with Gasteiger partial charge in [0.05, 0.1) is 19.3 Å². The first-order chi connectivity index (χ1) is 12.2. The highest BCUT2D eigenvalue weighted by Gasteiger charge is 2.24. The molecule has 0 bridgehead atoms. The Balaban J connectivity index is 1.59. The van der Waals surface area contributed by atoms with Crippen LogP contribution < -0.4 is 10.6 Å². The molecule has 1 aromatic rings. The zero-order valence-electron chi connectivity index (χ0n) is 15.3. The second-order valence-corrected chi connectivity index (χ2v) is 7.27. The van der Waals surface area contributed by atoms with Gasteiger partial charge < -0.3 is 15.4 Å². The van der Waals surface area contributed by atoms with E-state index in [0.717, 1.165) is 39.1 Å². The molecule has 5 heteroatoms. The molecule has 2 amide bonds. The molecule has 2 aliphatic rings. The Labute approximate surface area is 151 Å². The van der Waals surface area contributed by atoms with Gasteiger partial charge in [0.15, 0.2) is 0 Å².